The number of carbonyl (C=O) groups is 1. The van der Waals surface area contributed by atoms with Crippen molar-refractivity contribution in [3.8, 4) is 21.8 Å². The van der Waals surface area contributed by atoms with E-state index in [4.69, 9.17) is 4.98 Å². The van der Waals surface area contributed by atoms with Crippen molar-refractivity contribution in [2.24, 2.45) is 0 Å². The monoisotopic (exact) mass is 374 g/mol. The molecular weight excluding hydrogens is 359 g/mol. The molecule has 1 aromatic heterocycles. The van der Waals surface area contributed by atoms with Crippen LogP contribution in [0.1, 0.15) is 10.4 Å². The van der Waals surface area contributed by atoms with E-state index < -0.39 is 0 Å². The van der Waals surface area contributed by atoms with Crippen molar-refractivity contribution >= 4 is 22.9 Å². The van der Waals surface area contributed by atoms with Crippen molar-refractivity contribution in [3.63, 3.8) is 0 Å². The van der Waals surface area contributed by atoms with E-state index in [9.17, 15) is 9.18 Å². The molecule has 27 heavy (non-hydrogen) atoms. The first-order valence-corrected chi connectivity index (χ1v) is 9.25. The Hall–Kier alpha value is -3.31. The molecule has 0 saturated carbocycles. The molecule has 3 nitrogen and oxygen atoms in total. The van der Waals surface area contributed by atoms with Crippen LogP contribution in [0, 0.1) is 5.82 Å². The second kappa shape index (κ2) is 7.51. The van der Waals surface area contributed by atoms with Crippen LogP contribution in [-0.2, 0) is 0 Å². The number of carbonyl (C=O) groups excluding carboxylic acids is 1. The zero-order chi connectivity index (χ0) is 18.6. The molecule has 0 aliphatic carbocycles. The molecule has 4 rings (SSSR count). The molecule has 0 atom stereocenters. The fourth-order valence-electron chi connectivity index (χ4n) is 2.68. The topological polar surface area (TPSA) is 42.0 Å². The van der Waals surface area contributed by atoms with E-state index in [1.807, 2.05) is 60.0 Å². The van der Waals surface area contributed by atoms with Gasteiger partial charge >= 0.3 is 0 Å². The smallest absolute Gasteiger partial charge is 0.255 e. The van der Waals surface area contributed by atoms with E-state index >= 15 is 0 Å². The molecule has 5 heteroatoms. The summed E-state index contributed by atoms with van der Waals surface area (Å²) in [7, 11) is 0. The maximum Gasteiger partial charge on any atom is 0.255 e. The molecule has 1 amide bonds. The van der Waals surface area contributed by atoms with Gasteiger partial charge in [0.1, 0.15) is 10.8 Å². The Bertz CT molecular complexity index is 1070. The van der Waals surface area contributed by atoms with Gasteiger partial charge in [-0.25, -0.2) is 9.37 Å². The molecule has 4 aromatic rings. The summed E-state index contributed by atoms with van der Waals surface area (Å²) in [5.74, 6) is -0.651. The molecule has 0 aliphatic heterocycles. The summed E-state index contributed by atoms with van der Waals surface area (Å²) in [6, 6.07) is 23.0. The number of amides is 1. The van der Waals surface area contributed by atoms with Crippen LogP contribution in [0.4, 0.5) is 10.1 Å². The Balaban J connectivity index is 1.55. The third kappa shape index (κ3) is 3.93. The lowest BCUT2D eigenvalue weighted by Crippen LogP contribution is -2.11. The van der Waals surface area contributed by atoms with Crippen LogP contribution in [0.25, 0.3) is 21.8 Å². The summed E-state index contributed by atoms with van der Waals surface area (Å²) in [6.07, 6.45) is 0. The molecular formula is C22H15FN2OS. The SMILES string of the molecule is O=C(Nc1cccc(-c2csc(-c3ccccc3)n2)c1)c1ccc(F)cc1. The zero-order valence-corrected chi connectivity index (χ0v) is 15.0. The van der Waals surface area contributed by atoms with Crippen LogP contribution in [0.5, 0.6) is 0 Å². The standard InChI is InChI=1S/C22H15FN2OS/c23-18-11-9-15(10-12-18)21(26)24-19-8-4-7-17(13-19)20-14-27-22(25-20)16-5-2-1-3-6-16/h1-14H,(H,24,26). The van der Waals surface area contributed by atoms with Gasteiger partial charge in [-0.05, 0) is 36.4 Å². The van der Waals surface area contributed by atoms with E-state index in [1.165, 1.54) is 24.3 Å². The van der Waals surface area contributed by atoms with Gasteiger partial charge in [-0.15, -0.1) is 11.3 Å². The zero-order valence-electron chi connectivity index (χ0n) is 14.2. The molecule has 0 aliphatic rings. The van der Waals surface area contributed by atoms with Gasteiger partial charge in [0.2, 0.25) is 0 Å². The van der Waals surface area contributed by atoms with Gasteiger partial charge in [0.15, 0.2) is 0 Å². The largest absolute Gasteiger partial charge is 0.322 e. The lowest BCUT2D eigenvalue weighted by Gasteiger charge is -2.07. The predicted octanol–water partition coefficient (Wildman–Crippen LogP) is 5.87. The van der Waals surface area contributed by atoms with E-state index in [0.717, 1.165) is 21.8 Å². The van der Waals surface area contributed by atoms with E-state index in [2.05, 4.69) is 5.32 Å². The number of nitrogens with one attached hydrogen (secondary N) is 1. The fourth-order valence-corrected chi connectivity index (χ4v) is 3.52. The number of anilines is 1. The third-order valence-corrected chi connectivity index (χ3v) is 4.94. The normalized spacial score (nSPS) is 10.6. The average Bonchev–Trinajstić information content (AvgIpc) is 3.20. The first kappa shape index (κ1) is 17.1. The summed E-state index contributed by atoms with van der Waals surface area (Å²) in [6.45, 7) is 0. The van der Waals surface area contributed by atoms with Crippen molar-refractivity contribution in [1.82, 2.24) is 4.98 Å². The quantitative estimate of drug-likeness (QED) is 0.485. The van der Waals surface area contributed by atoms with E-state index in [-0.39, 0.29) is 11.7 Å². The van der Waals surface area contributed by atoms with Gasteiger partial charge in [-0.3, -0.25) is 4.79 Å². The van der Waals surface area contributed by atoms with Crippen molar-refractivity contribution in [3.05, 3.63) is 95.6 Å². The van der Waals surface area contributed by atoms with Crippen molar-refractivity contribution < 1.29 is 9.18 Å². The van der Waals surface area contributed by atoms with Crippen LogP contribution >= 0.6 is 11.3 Å². The Morgan fingerprint density at radius 1 is 0.889 bits per heavy atom. The summed E-state index contributed by atoms with van der Waals surface area (Å²) in [5, 5.41) is 5.79. The Labute approximate surface area is 160 Å². The minimum atomic E-state index is -0.369. The first-order valence-electron chi connectivity index (χ1n) is 8.37. The fraction of sp³-hybridized carbons (Fsp3) is 0. The number of rotatable bonds is 4. The maximum absolute atomic E-state index is 13.0. The molecule has 1 N–H and O–H groups in total. The number of hydrogen-bond donors (Lipinski definition) is 1. The van der Waals surface area contributed by atoms with Crippen LogP contribution in [0.15, 0.2) is 84.2 Å². The minimum Gasteiger partial charge on any atom is -0.322 e. The van der Waals surface area contributed by atoms with Crippen molar-refractivity contribution in [2.75, 3.05) is 5.32 Å². The summed E-state index contributed by atoms with van der Waals surface area (Å²) < 4.78 is 13.0. The Kier molecular flexibility index (Phi) is 4.77. The van der Waals surface area contributed by atoms with E-state index in [1.54, 1.807) is 11.3 Å². The first-order chi connectivity index (χ1) is 13.2. The highest BCUT2D eigenvalue weighted by Crippen LogP contribution is 2.29. The predicted molar refractivity (Wildman–Crippen MR) is 107 cm³/mol. The summed E-state index contributed by atoms with van der Waals surface area (Å²) in [4.78, 5) is 17.0. The van der Waals surface area contributed by atoms with Crippen LogP contribution in [-0.4, -0.2) is 10.9 Å². The highest BCUT2D eigenvalue weighted by atomic mass is 32.1. The molecule has 0 fully saturated rings. The highest BCUT2D eigenvalue weighted by Gasteiger charge is 2.09. The second-order valence-electron chi connectivity index (χ2n) is 5.95. The Morgan fingerprint density at radius 3 is 2.41 bits per heavy atom. The van der Waals surface area contributed by atoms with Gasteiger partial charge in [0.25, 0.3) is 5.91 Å². The minimum absolute atomic E-state index is 0.282. The van der Waals surface area contributed by atoms with Gasteiger partial charge in [0.05, 0.1) is 5.69 Å². The van der Waals surface area contributed by atoms with Gasteiger partial charge in [-0.2, -0.15) is 0 Å². The van der Waals surface area contributed by atoms with Crippen molar-refractivity contribution in [1.29, 1.82) is 0 Å². The Morgan fingerprint density at radius 2 is 1.63 bits per heavy atom. The molecule has 0 spiro atoms. The lowest BCUT2D eigenvalue weighted by molar-refractivity contribution is 0.102. The molecule has 0 bridgehead atoms. The van der Waals surface area contributed by atoms with E-state index in [0.29, 0.717) is 11.3 Å². The number of benzene rings is 3. The molecule has 132 valence electrons. The molecule has 0 radical (unpaired) electrons. The van der Waals surface area contributed by atoms with Gasteiger partial charge in [-0.1, -0.05) is 42.5 Å². The summed E-state index contributed by atoms with van der Waals surface area (Å²) in [5.41, 5.74) is 3.93. The highest BCUT2D eigenvalue weighted by molar-refractivity contribution is 7.13. The lowest BCUT2D eigenvalue weighted by atomic mass is 10.1. The number of halogens is 1. The van der Waals surface area contributed by atoms with Crippen molar-refractivity contribution in [2.45, 2.75) is 0 Å². The number of hydrogen-bond acceptors (Lipinski definition) is 3. The van der Waals surface area contributed by atoms with Gasteiger partial charge < -0.3 is 5.32 Å². The molecule has 0 saturated heterocycles. The molecule has 0 unspecified atom stereocenters. The second-order valence-corrected chi connectivity index (χ2v) is 6.80. The van der Waals surface area contributed by atoms with Crippen LogP contribution in [0.2, 0.25) is 0 Å². The molecule has 1 heterocycles. The summed E-state index contributed by atoms with van der Waals surface area (Å²) >= 11 is 1.58. The maximum atomic E-state index is 13.0. The van der Waals surface area contributed by atoms with Crippen LogP contribution in [0.3, 0.4) is 0 Å². The third-order valence-electron chi connectivity index (χ3n) is 4.05. The number of thiazole rings is 1. The number of nitrogens with zero attached hydrogens (tertiary/aromatic N) is 1. The number of aromatic nitrogens is 1. The molecule has 3 aromatic carbocycles. The van der Waals surface area contributed by atoms with Gasteiger partial charge in [0, 0.05) is 27.8 Å². The van der Waals surface area contributed by atoms with Crippen LogP contribution < -0.4 is 5.32 Å². The average molecular weight is 374 g/mol.